The van der Waals surface area contributed by atoms with E-state index < -0.39 is 0 Å². The third-order valence-electron chi connectivity index (χ3n) is 3.70. The zero-order chi connectivity index (χ0) is 17.2. The van der Waals surface area contributed by atoms with Gasteiger partial charge in [0.25, 0.3) is 0 Å². The van der Waals surface area contributed by atoms with E-state index in [-0.39, 0.29) is 12.3 Å². The Bertz CT molecular complexity index is 1040. The number of hydrogen-bond acceptors (Lipinski definition) is 5. The van der Waals surface area contributed by atoms with Crippen molar-refractivity contribution in [3.63, 3.8) is 0 Å². The molecule has 124 valence electrons. The largest absolute Gasteiger partial charge is 0.302 e. The Hall–Kier alpha value is -2.57. The summed E-state index contributed by atoms with van der Waals surface area (Å²) in [7, 11) is 0. The molecule has 4 aromatic rings. The first-order chi connectivity index (χ1) is 12.2. The Kier molecular flexibility index (Phi) is 4.29. The van der Waals surface area contributed by atoms with Crippen LogP contribution >= 0.6 is 22.7 Å². The van der Waals surface area contributed by atoms with Crippen LogP contribution in [0.15, 0.2) is 53.9 Å². The van der Waals surface area contributed by atoms with Crippen molar-refractivity contribution in [2.45, 2.75) is 13.3 Å². The molecular weight excluding hydrogens is 350 g/mol. The summed E-state index contributed by atoms with van der Waals surface area (Å²) in [6, 6.07) is 16.1. The lowest BCUT2D eigenvalue weighted by Crippen LogP contribution is -2.14. The minimum Gasteiger partial charge on any atom is -0.302 e. The van der Waals surface area contributed by atoms with Gasteiger partial charge in [-0.1, -0.05) is 47.7 Å². The van der Waals surface area contributed by atoms with E-state index in [0.29, 0.717) is 5.13 Å². The van der Waals surface area contributed by atoms with Crippen LogP contribution in [0.3, 0.4) is 0 Å². The Morgan fingerprint density at radius 2 is 1.96 bits per heavy atom. The minimum absolute atomic E-state index is 0.0966. The molecule has 0 saturated heterocycles. The molecule has 0 saturated carbocycles. The molecule has 2 heterocycles. The molecule has 4 nitrogen and oxygen atoms in total. The van der Waals surface area contributed by atoms with Crippen molar-refractivity contribution < 1.29 is 4.79 Å². The van der Waals surface area contributed by atoms with Gasteiger partial charge in [0, 0.05) is 10.9 Å². The number of aromatic nitrogens is 2. The highest BCUT2D eigenvalue weighted by molar-refractivity contribution is 7.22. The third kappa shape index (κ3) is 3.60. The predicted molar refractivity (Wildman–Crippen MR) is 104 cm³/mol. The molecule has 1 amide bonds. The maximum atomic E-state index is 12.3. The van der Waals surface area contributed by atoms with Crippen molar-refractivity contribution in [1.29, 1.82) is 0 Å². The number of nitrogens with zero attached hydrogens (tertiary/aromatic N) is 2. The van der Waals surface area contributed by atoms with Gasteiger partial charge in [-0.2, -0.15) is 0 Å². The number of aryl methyl sites for hydroxylation is 1. The Morgan fingerprint density at radius 1 is 1.12 bits per heavy atom. The smallest absolute Gasteiger partial charge is 0.232 e. The second-order valence-corrected chi connectivity index (χ2v) is 7.61. The number of carbonyl (C=O) groups excluding carboxylic acids is 1. The number of amides is 1. The summed E-state index contributed by atoms with van der Waals surface area (Å²) in [4.78, 5) is 21.3. The van der Waals surface area contributed by atoms with E-state index in [1.54, 1.807) is 11.3 Å². The second kappa shape index (κ2) is 6.74. The molecule has 2 aromatic carbocycles. The second-order valence-electron chi connectivity index (χ2n) is 5.73. The number of fused-ring (bicyclic) bond motifs is 1. The van der Waals surface area contributed by atoms with Crippen LogP contribution in [0.4, 0.5) is 5.13 Å². The Balaban J connectivity index is 1.46. The average Bonchev–Trinajstić information content (AvgIpc) is 3.21. The number of thiazole rings is 2. The maximum Gasteiger partial charge on any atom is 0.232 e. The van der Waals surface area contributed by atoms with Crippen molar-refractivity contribution in [1.82, 2.24) is 9.97 Å². The fourth-order valence-corrected chi connectivity index (χ4v) is 4.32. The Labute approximate surface area is 153 Å². The summed E-state index contributed by atoms with van der Waals surface area (Å²) >= 11 is 3.04. The van der Waals surface area contributed by atoms with Crippen LogP contribution in [0.25, 0.3) is 20.8 Å². The summed E-state index contributed by atoms with van der Waals surface area (Å²) in [6.45, 7) is 2.05. The maximum absolute atomic E-state index is 12.3. The van der Waals surface area contributed by atoms with Gasteiger partial charge in [-0.15, -0.1) is 11.3 Å². The normalized spacial score (nSPS) is 10.9. The highest BCUT2D eigenvalue weighted by atomic mass is 32.1. The number of rotatable bonds is 4. The first kappa shape index (κ1) is 15.9. The van der Waals surface area contributed by atoms with Gasteiger partial charge in [0.2, 0.25) is 5.91 Å². The van der Waals surface area contributed by atoms with Crippen LogP contribution in [0.2, 0.25) is 0 Å². The van der Waals surface area contributed by atoms with Crippen LogP contribution in [0.1, 0.15) is 11.3 Å². The Morgan fingerprint density at radius 3 is 2.80 bits per heavy atom. The summed E-state index contributed by atoms with van der Waals surface area (Å²) in [5.74, 6) is -0.0966. The first-order valence-electron chi connectivity index (χ1n) is 7.84. The standard InChI is InChI=1S/C19H15N3OS2/c1-12-7-8-15-16(9-12)25-19(21-15)22-17(23)10-14-11-24-18(20-14)13-5-3-2-4-6-13/h2-9,11H,10H2,1H3,(H,21,22,23). The first-order valence-corrected chi connectivity index (χ1v) is 9.54. The summed E-state index contributed by atoms with van der Waals surface area (Å²) in [5.41, 5.74) is 3.94. The zero-order valence-corrected chi connectivity index (χ0v) is 15.2. The topological polar surface area (TPSA) is 54.9 Å². The van der Waals surface area contributed by atoms with Gasteiger partial charge >= 0.3 is 0 Å². The highest BCUT2D eigenvalue weighted by Gasteiger charge is 2.11. The van der Waals surface area contributed by atoms with Gasteiger partial charge in [0.05, 0.1) is 22.3 Å². The van der Waals surface area contributed by atoms with Crippen molar-refractivity contribution in [2.24, 2.45) is 0 Å². The lowest BCUT2D eigenvalue weighted by Gasteiger charge is -1.99. The summed E-state index contributed by atoms with van der Waals surface area (Å²) < 4.78 is 1.08. The molecule has 25 heavy (non-hydrogen) atoms. The van der Waals surface area contributed by atoms with Crippen molar-refractivity contribution >= 4 is 43.9 Å². The van der Waals surface area contributed by atoms with Gasteiger partial charge < -0.3 is 5.32 Å². The van der Waals surface area contributed by atoms with E-state index in [4.69, 9.17) is 0 Å². The number of hydrogen-bond donors (Lipinski definition) is 1. The van der Waals surface area contributed by atoms with E-state index in [1.807, 2.05) is 54.8 Å². The molecular formula is C19H15N3OS2. The molecule has 0 aliphatic rings. The van der Waals surface area contributed by atoms with Gasteiger partial charge in [-0.05, 0) is 24.6 Å². The molecule has 2 aromatic heterocycles. The molecule has 0 aliphatic heterocycles. The fraction of sp³-hybridized carbons (Fsp3) is 0.105. The van der Waals surface area contributed by atoms with E-state index in [1.165, 1.54) is 16.9 Å². The van der Waals surface area contributed by atoms with Crippen LogP contribution in [0.5, 0.6) is 0 Å². The minimum atomic E-state index is -0.0966. The van der Waals surface area contributed by atoms with E-state index >= 15 is 0 Å². The lowest BCUT2D eigenvalue weighted by molar-refractivity contribution is -0.115. The quantitative estimate of drug-likeness (QED) is 0.559. The molecule has 0 unspecified atom stereocenters. The van der Waals surface area contributed by atoms with E-state index in [2.05, 4.69) is 21.4 Å². The van der Waals surface area contributed by atoms with Crippen molar-refractivity contribution in [2.75, 3.05) is 5.32 Å². The molecule has 0 fully saturated rings. The number of nitrogens with one attached hydrogen (secondary N) is 1. The highest BCUT2D eigenvalue weighted by Crippen LogP contribution is 2.27. The van der Waals surface area contributed by atoms with E-state index in [9.17, 15) is 4.79 Å². The van der Waals surface area contributed by atoms with Crippen LogP contribution in [-0.4, -0.2) is 15.9 Å². The van der Waals surface area contributed by atoms with Crippen molar-refractivity contribution in [3.8, 4) is 10.6 Å². The fourth-order valence-electron chi connectivity index (χ4n) is 2.51. The number of carbonyl (C=O) groups is 1. The molecule has 4 rings (SSSR count). The number of anilines is 1. The van der Waals surface area contributed by atoms with Crippen LogP contribution < -0.4 is 5.32 Å². The summed E-state index contributed by atoms with van der Waals surface area (Å²) in [5, 5.41) is 6.37. The van der Waals surface area contributed by atoms with Crippen molar-refractivity contribution in [3.05, 3.63) is 65.2 Å². The molecule has 0 atom stereocenters. The van der Waals surface area contributed by atoms with Gasteiger partial charge in [-0.25, -0.2) is 9.97 Å². The van der Waals surface area contributed by atoms with Crippen LogP contribution in [-0.2, 0) is 11.2 Å². The number of benzene rings is 2. The van der Waals surface area contributed by atoms with Gasteiger partial charge in [0.15, 0.2) is 5.13 Å². The summed E-state index contributed by atoms with van der Waals surface area (Å²) in [6.07, 6.45) is 0.248. The van der Waals surface area contributed by atoms with E-state index in [0.717, 1.165) is 26.5 Å². The van der Waals surface area contributed by atoms with Gasteiger partial charge in [0.1, 0.15) is 5.01 Å². The molecule has 0 aliphatic carbocycles. The van der Waals surface area contributed by atoms with Crippen LogP contribution in [0, 0.1) is 6.92 Å². The molecule has 0 spiro atoms. The molecule has 0 radical (unpaired) electrons. The molecule has 6 heteroatoms. The molecule has 0 bridgehead atoms. The monoisotopic (exact) mass is 365 g/mol. The molecule has 1 N–H and O–H groups in total. The zero-order valence-electron chi connectivity index (χ0n) is 13.5. The SMILES string of the molecule is Cc1ccc2nc(NC(=O)Cc3csc(-c4ccccc4)n3)sc2c1. The third-order valence-corrected chi connectivity index (χ3v) is 5.58. The average molecular weight is 365 g/mol. The lowest BCUT2D eigenvalue weighted by atomic mass is 10.2. The van der Waals surface area contributed by atoms with Gasteiger partial charge in [-0.3, -0.25) is 4.79 Å². The predicted octanol–water partition coefficient (Wildman–Crippen LogP) is 4.91.